The molecule has 0 saturated carbocycles. The van der Waals surface area contributed by atoms with E-state index in [1.54, 1.807) is 6.20 Å². The van der Waals surface area contributed by atoms with Gasteiger partial charge in [-0.25, -0.2) is 0 Å². The lowest BCUT2D eigenvalue weighted by Gasteiger charge is -2.09. The maximum absolute atomic E-state index is 12.4. The minimum absolute atomic E-state index is 0.0462. The van der Waals surface area contributed by atoms with E-state index in [4.69, 9.17) is 12.2 Å². The van der Waals surface area contributed by atoms with Crippen molar-refractivity contribution in [2.24, 2.45) is 0 Å². The van der Waals surface area contributed by atoms with Crippen molar-refractivity contribution < 1.29 is 4.79 Å². The van der Waals surface area contributed by atoms with Gasteiger partial charge in [0.05, 0.1) is 6.42 Å². The van der Waals surface area contributed by atoms with Gasteiger partial charge in [0.25, 0.3) is 0 Å². The van der Waals surface area contributed by atoms with Gasteiger partial charge in [0, 0.05) is 23.8 Å². The first kappa shape index (κ1) is 16.3. The van der Waals surface area contributed by atoms with Crippen molar-refractivity contribution in [1.29, 1.82) is 0 Å². The number of anilines is 1. The Hall–Kier alpha value is -3.18. The van der Waals surface area contributed by atoms with Gasteiger partial charge >= 0.3 is 0 Å². The van der Waals surface area contributed by atoms with Crippen LogP contribution in [-0.4, -0.2) is 15.5 Å². The fourth-order valence-electron chi connectivity index (χ4n) is 3.00. The van der Waals surface area contributed by atoms with Gasteiger partial charge in [-0.3, -0.25) is 9.36 Å². The fraction of sp³-hybridized carbons (Fsp3) is 0.0476. The monoisotopic (exact) mass is 359 g/mol. The summed E-state index contributed by atoms with van der Waals surface area (Å²) in [6.45, 7) is 0. The van der Waals surface area contributed by atoms with E-state index in [0.717, 1.165) is 22.3 Å². The summed E-state index contributed by atoms with van der Waals surface area (Å²) in [5, 5.41) is 5.28. The number of imidazole rings is 1. The number of aromatic nitrogens is 2. The summed E-state index contributed by atoms with van der Waals surface area (Å²) in [6.07, 6.45) is 3.98. The van der Waals surface area contributed by atoms with Crippen LogP contribution >= 0.6 is 12.2 Å². The average Bonchev–Trinajstić information content (AvgIpc) is 3.08. The molecule has 0 atom stereocenters. The van der Waals surface area contributed by atoms with E-state index < -0.39 is 0 Å². The summed E-state index contributed by atoms with van der Waals surface area (Å²) < 4.78 is 2.47. The first-order valence-corrected chi connectivity index (χ1v) is 8.74. The first-order valence-electron chi connectivity index (χ1n) is 8.33. The number of hydrogen-bond acceptors (Lipinski definition) is 2. The molecule has 0 fully saturated rings. The van der Waals surface area contributed by atoms with Crippen LogP contribution < -0.4 is 5.32 Å². The molecule has 0 aliphatic carbocycles. The highest BCUT2D eigenvalue weighted by atomic mass is 32.1. The summed E-state index contributed by atoms with van der Waals surface area (Å²) >= 11 is 5.24. The number of benzene rings is 3. The molecule has 2 N–H and O–H groups in total. The number of H-pyrrole nitrogens is 1. The highest BCUT2D eigenvalue weighted by molar-refractivity contribution is 7.71. The Labute approximate surface area is 156 Å². The third-order valence-corrected chi connectivity index (χ3v) is 4.55. The molecule has 1 aromatic heterocycles. The molecule has 1 heterocycles. The number of hydrogen-bond donors (Lipinski definition) is 2. The van der Waals surface area contributed by atoms with Crippen LogP contribution in [0.3, 0.4) is 0 Å². The highest BCUT2D eigenvalue weighted by Gasteiger charge is 2.06. The first-order chi connectivity index (χ1) is 12.7. The maximum Gasteiger partial charge on any atom is 0.228 e. The van der Waals surface area contributed by atoms with Crippen molar-refractivity contribution >= 4 is 34.6 Å². The number of amides is 1. The van der Waals surface area contributed by atoms with E-state index >= 15 is 0 Å². The molecule has 4 rings (SSSR count). The predicted octanol–water partition coefficient (Wildman–Crippen LogP) is 4.87. The van der Waals surface area contributed by atoms with Crippen molar-refractivity contribution in [3.63, 3.8) is 0 Å². The average molecular weight is 359 g/mol. The molecule has 3 aromatic carbocycles. The number of nitrogens with zero attached hydrogens (tertiary/aromatic N) is 1. The van der Waals surface area contributed by atoms with Crippen molar-refractivity contribution in [2.45, 2.75) is 6.42 Å². The number of aromatic amines is 1. The molecule has 0 aliphatic rings. The van der Waals surface area contributed by atoms with Gasteiger partial charge < -0.3 is 10.3 Å². The number of rotatable bonds is 4. The van der Waals surface area contributed by atoms with Gasteiger partial charge in [-0.05, 0) is 46.8 Å². The van der Waals surface area contributed by atoms with E-state index in [1.165, 1.54) is 5.39 Å². The highest BCUT2D eigenvalue weighted by Crippen LogP contribution is 2.18. The van der Waals surface area contributed by atoms with Gasteiger partial charge in [0.15, 0.2) is 4.77 Å². The second kappa shape index (κ2) is 6.98. The van der Waals surface area contributed by atoms with E-state index in [-0.39, 0.29) is 5.91 Å². The van der Waals surface area contributed by atoms with Crippen molar-refractivity contribution in [3.8, 4) is 5.69 Å². The molecule has 1 amide bonds. The molecule has 0 spiro atoms. The lowest BCUT2D eigenvalue weighted by Crippen LogP contribution is -2.14. The molecule has 4 aromatic rings. The largest absolute Gasteiger partial charge is 0.337 e. The van der Waals surface area contributed by atoms with Gasteiger partial charge in [-0.1, -0.05) is 48.5 Å². The molecule has 0 bridgehead atoms. The molecule has 5 heteroatoms. The maximum atomic E-state index is 12.4. The smallest absolute Gasteiger partial charge is 0.228 e. The minimum atomic E-state index is -0.0462. The number of nitrogens with one attached hydrogen (secondary N) is 2. The van der Waals surface area contributed by atoms with Gasteiger partial charge in [0.2, 0.25) is 5.91 Å². The van der Waals surface area contributed by atoms with Gasteiger partial charge in [-0.2, -0.15) is 0 Å². The Morgan fingerprint density at radius 1 is 1.00 bits per heavy atom. The summed E-state index contributed by atoms with van der Waals surface area (Å²) in [5.74, 6) is -0.0462. The Kier molecular flexibility index (Phi) is 4.37. The second-order valence-corrected chi connectivity index (χ2v) is 6.48. The molecule has 0 aliphatic heterocycles. The lowest BCUT2D eigenvalue weighted by molar-refractivity contribution is -0.115. The van der Waals surface area contributed by atoms with Crippen LogP contribution in [0.2, 0.25) is 0 Å². The Bertz CT molecular complexity index is 1140. The van der Waals surface area contributed by atoms with Crippen LogP contribution in [0.25, 0.3) is 16.5 Å². The van der Waals surface area contributed by atoms with Crippen molar-refractivity contribution in [1.82, 2.24) is 9.55 Å². The van der Waals surface area contributed by atoms with Gasteiger partial charge in [0.1, 0.15) is 0 Å². The molecule has 0 saturated heterocycles. The molecular weight excluding hydrogens is 342 g/mol. The van der Waals surface area contributed by atoms with E-state index in [0.29, 0.717) is 11.2 Å². The van der Waals surface area contributed by atoms with Crippen LogP contribution in [-0.2, 0) is 11.2 Å². The second-order valence-electron chi connectivity index (χ2n) is 6.09. The number of fused-ring (bicyclic) bond motifs is 1. The van der Waals surface area contributed by atoms with E-state index in [9.17, 15) is 4.79 Å². The normalized spacial score (nSPS) is 10.8. The number of carbonyl (C=O) groups is 1. The molecule has 0 radical (unpaired) electrons. The Morgan fingerprint density at radius 3 is 2.65 bits per heavy atom. The quantitative estimate of drug-likeness (QED) is 0.511. The lowest BCUT2D eigenvalue weighted by atomic mass is 10.0. The Morgan fingerprint density at radius 2 is 1.85 bits per heavy atom. The third kappa shape index (κ3) is 3.43. The molecule has 0 unspecified atom stereocenters. The van der Waals surface area contributed by atoms with Crippen molar-refractivity contribution in [3.05, 3.63) is 89.5 Å². The summed E-state index contributed by atoms with van der Waals surface area (Å²) in [7, 11) is 0. The van der Waals surface area contributed by atoms with E-state index in [2.05, 4.69) is 28.5 Å². The zero-order chi connectivity index (χ0) is 17.9. The molecule has 128 valence electrons. The SMILES string of the molecule is O=C(Cc1ccc2ccccc2c1)Nc1cccc(-n2cc[nH]c2=S)c1. The topological polar surface area (TPSA) is 49.8 Å². The van der Waals surface area contributed by atoms with Crippen LogP contribution in [0.4, 0.5) is 5.69 Å². The minimum Gasteiger partial charge on any atom is -0.337 e. The number of carbonyl (C=O) groups excluding carboxylic acids is 1. The Balaban J connectivity index is 1.51. The van der Waals surface area contributed by atoms with Crippen molar-refractivity contribution in [2.75, 3.05) is 5.32 Å². The third-order valence-electron chi connectivity index (χ3n) is 4.24. The fourth-order valence-corrected chi connectivity index (χ4v) is 3.23. The summed E-state index contributed by atoms with van der Waals surface area (Å²) in [5.41, 5.74) is 2.64. The van der Waals surface area contributed by atoms with Crippen LogP contribution in [0.5, 0.6) is 0 Å². The van der Waals surface area contributed by atoms with Crippen LogP contribution in [0.15, 0.2) is 79.1 Å². The molecule has 4 nitrogen and oxygen atoms in total. The van der Waals surface area contributed by atoms with E-state index in [1.807, 2.05) is 59.3 Å². The standard InChI is InChI=1S/C21H17N3OS/c25-20(13-15-8-9-16-4-1-2-5-17(16)12-15)23-18-6-3-7-19(14-18)24-11-10-22-21(24)26/h1-12,14H,13H2,(H,22,26)(H,23,25). The summed E-state index contributed by atoms with van der Waals surface area (Å²) in [4.78, 5) is 15.4. The zero-order valence-electron chi connectivity index (χ0n) is 14.0. The predicted molar refractivity (Wildman–Crippen MR) is 107 cm³/mol. The molecule has 26 heavy (non-hydrogen) atoms. The van der Waals surface area contributed by atoms with Gasteiger partial charge in [-0.15, -0.1) is 0 Å². The molecular formula is C21H17N3OS. The van der Waals surface area contributed by atoms with Crippen LogP contribution in [0, 0.1) is 4.77 Å². The summed E-state index contributed by atoms with van der Waals surface area (Å²) in [6, 6.07) is 21.9. The van der Waals surface area contributed by atoms with Crippen LogP contribution in [0.1, 0.15) is 5.56 Å². The zero-order valence-corrected chi connectivity index (χ0v) is 14.8.